The van der Waals surface area contributed by atoms with Crippen molar-refractivity contribution in [2.24, 2.45) is 0 Å². The van der Waals surface area contributed by atoms with Crippen LogP contribution in [-0.4, -0.2) is 24.7 Å². The molecule has 0 radical (unpaired) electrons. The molecule has 0 aliphatic carbocycles. The third-order valence-corrected chi connectivity index (χ3v) is 4.61. The van der Waals surface area contributed by atoms with E-state index >= 15 is 0 Å². The molecule has 2 aromatic rings. The molecule has 1 atom stereocenters. The molecule has 110 valence electrons. The number of nitrogens with one attached hydrogen (secondary N) is 1. The zero-order valence-corrected chi connectivity index (χ0v) is 13.7. The van der Waals surface area contributed by atoms with Gasteiger partial charge in [-0.25, -0.2) is 0 Å². The molecule has 1 aromatic heterocycles. The second-order valence-electron chi connectivity index (χ2n) is 5.41. The highest BCUT2D eigenvalue weighted by atomic mass is 79.9. The zero-order valence-electron chi connectivity index (χ0n) is 12.1. The summed E-state index contributed by atoms with van der Waals surface area (Å²) in [6, 6.07) is 10.8. The van der Waals surface area contributed by atoms with Gasteiger partial charge in [0.15, 0.2) is 0 Å². The summed E-state index contributed by atoms with van der Waals surface area (Å²) < 4.78 is 6.89. The Morgan fingerprint density at radius 2 is 2.14 bits per heavy atom. The third-order valence-electron chi connectivity index (χ3n) is 3.76. The van der Waals surface area contributed by atoms with Crippen LogP contribution in [-0.2, 0) is 11.2 Å². The summed E-state index contributed by atoms with van der Waals surface area (Å²) in [6.45, 7) is 4.68. The van der Waals surface area contributed by atoms with E-state index in [4.69, 9.17) is 4.74 Å². The van der Waals surface area contributed by atoms with Crippen LogP contribution in [0.25, 0.3) is 0 Å². The maximum atomic E-state index is 5.77. The van der Waals surface area contributed by atoms with E-state index in [2.05, 4.69) is 56.6 Å². The van der Waals surface area contributed by atoms with Crippen molar-refractivity contribution in [1.82, 2.24) is 10.3 Å². The van der Waals surface area contributed by atoms with E-state index in [1.165, 1.54) is 11.1 Å². The first-order valence-electron chi connectivity index (χ1n) is 7.24. The number of hydrogen-bond acceptors (Lipinski definition) is 3. The molecule has 1 aliphatic rings. The quantitative estimate of drug-likeness (QED) is 0.924. The topological polar surface area (TPSA) is 34.2 Å². The summed E-state index contributed by atoms with van der Waals surface area (Å²) in [5.41, 5.74) is 4.75. The van der Waals surface area contributed by atoms with Gasteiger partial charge in [0.25, 0.3) is 0 Å². The van der Waals surface area contributed by atoms with Crippen LogP contribution < -0.4 is 5.32 Å². The van der Waals surface area contributed by atoms with Gasteiger partial charge in [-0.3, -0.25) is 4.98 Å². The molecule has 3 nitrogen and oxygen atoms in total. The maximum absolute atomic E-state index is 5.77. The number of nitrogens with zero attached hydrogens (tertiary/aromatic N) is 1. The molecule has 4 heteroatoms. The molecule has 0 unspecified atom stereocenters. The Bertz CT molecular complexity index is 607. The number of halogens is 1. The lowest BCUT2D eigenvalue weighted by atomic mass is 10.0. The Balaban J connectivity index is 1.70. The number of morpholine rings is 1. The van der Waals surface area contributed by atoms with Crippen molar-refractivity contribution in [1.29, 1.82) is 0 Å². The van der Waals surface area contributed by atoms with Gasteiger partial charge in [0.1, 0.15) is 0 Å². The van der Waals surface area contributed by atoms with E-state index in [1.54, 1.807) is 0 Å². The monoisotopic (exact) mass is 346 g/mol. The molecule has 1 aromatic carbocycles. The molecule has 1 saturated heterocycles. The highest BCUT2D eigenvalue weighted by Gasteiger charge is 2.15. The zero-order chi connectivity index (χ0) is 14.7. The van der Waals surface area contributed by atoms with Gasteiger partial charge in [-0.2, -0.15) is 0 Å². The lowest BCUT2D eigenvalue weighted by molar-refractivity contribution is 0.0277. The van der Waals surface area contributed by atoms with Crippen molar-refractivity contribution in [2.45, 2.75) is 19.4 Å². The van der Waals surface area contributed by atoms with Gasteiger partial charge in [-0.05, 0) is 29.7 Å². The highest BCUT2D eigenvalue weighted by molar-refractivity contribution is 9.10. The average molecular weight is 347 g/mol. The molecule has 2 heterocycles. The van der Waals surface area contributed by atoms with Gasteiger partial charge >= 0.3 is 0 Å². The number of aromatic nitrogens is 1. The fourth-order valence-electron chi connectivity index (χ4n) is 2.47. The minimum absolute atomic E-state index is 0.180. The van der Waals surface area contributed by atoms with Crippen LogP contribution >= 0.6 is 15.9 Å². The van der Waals surface area contributed by atoms with Crippen LogP contribution in [0, 0.1) is 6.92 Å². The molecule has 0 amide bonds. The summed E-state index contributed by atoms with van der Waals surface area (Å²) >= 11 is 3.56. The SMILES string of the molecule is Cc1cnc(Cc2ccc([C@H]3CNCCO3)cc2)cc1Br. The fraction of sp³-hybridized carbons (Fsp3) is 0.353. The van der Waals surface area contributed by atoms with Gasteiger partial charge in [0.2, 0.25) is 0 Å². The van der Waals surface area contributed by atoms with E-state index in [0.29, 0.717) is 0 Å². The second kappa shape index (κ2) is 6.69. The van der Waals surface area contributed by atoms with Crippen molar-refractivity contribution in [3.05, 3.63) is 63.4 Å². The van der Waals surface area contributed by atoms with Gasteiger partial charge in [-0.1, -0.05) is 40.2 Å². The lowest BCUT2D eigenvalue weighted by Crippen LogP contribution is -2.33. The van der Waals surface area contributed by atoms with Gasteiger partial charge < -0.3 is 10.1 Å². The molecule has 3 rings (SSSR count). The largest absolute Gasteiger partial charge is 0.371 e. The number of rotatable bonds is 3. The molecular weight excluding hydrogens is 328 g/mol. The van der Waals surface area contributed by atoms with Crippen molar-refractivity contribution >= 4 is 15.9 Å². The third kappa shape index (κ3) is 3.70. The highest BCUT2D eigenvalue weighted by Crippen LogP contribution is 2.21. The summed E-state index contributed by atoms with van der Waals surface area (Å²) in [5.74, 6) is 0. The van der Waals surface area contributed by atoms with Crippen LogP contribution in [0.15, 0.2) is 41.0 Å². The molecular formula is C17H19BrN2O. The predicted octanol–water partition coefficient (Wildman–Crippen LogP) is 3.40. The maximum Gasteiger partial charge on any atom is 0.0949 e. The Hall–Kier alpha value is -1.23. The second-order valence-corrected chi connectivity index (χ2v) is 6.26. The molecule has 1 aliphatic heterocycles. The number of pyridine rings is 1. The molecule has 1 N–H and O–H groups in total. The first-order valence-corrected chi connectivity index (χ1v) is 8.04. The van der Waals surface area contributed by atoms with Crippen LogP contribution in [0.4, 0.5) is 0 Å². The minimum atomic E-state index is 0.180. The van der Waals surface area contributed by atoms with Gasteiger partial charge in [0, 0.05) is 35.9 Å². The van der Waals surface area contributed by atoms with E-state index in [0.717, 1.165) is 41.8 Å². The smallest absolute Gasteiger partial charge is 0.0949 e. The van der Waals surface area contributed by atoms with Gasteiger partial charge in [-0.15, -0.1) is 0 Å². The number of benzene rings is 1. The minimum Gasteiger partial charge on any atom is -0.371 e. The van der Waals surface area contributed by atoms with E-state index < -0.39 is 0 Å². The summed E-state index contributed by atoms with van der Waals surface area (Å²) in [7, 11) is 0. The molecule has 0 spiro atoms. The Morgan fingerprint density at radius 1 is 1.33 bits per heavy atom. The summed E-state index contributed by atoms with van der Waals surface area (Å²) in [6.07, 6.45) is 2.94. The van der Waals surface area contributed by atoms with Crippen molar-refractivity contribution in [2.75, 3.05) is 19.7 Å². The van der Waals surface area contributed by atoms with Crippen LogP contribution in [0.5, 0.6) is 0 Å². The van der Waals surface area contributed by atoms with E-state index in [-0.39, 0.29) is 6.10 Å². The number of hydrogen-bond donors (Lipinski definition) is 1. The first kappa shape index (κ1) is 14.7. The van der Waals surface area contributed by atoms with Crippen molar-refractivity contribution in [3.8, 4) is 0 Å². The van der Waals surface area contributed by atoms with E-state index in [1.807, 2.05) is 13.1 Å². The lowest BCUT2D eigenvalue weighted by Gasteiger charge is -2.24. The Kier molecular flexibility index (Phi) is 4.68. The number of ether oxygens (including phenoxy) is 1. The molecule has 0 bridgehead atoms. The van der Waals surface area contributed by atoms with Crippen LogP contribution in [0.2, 0.25) is 0 Å². The Labute approximate surface area is 133 Å². The number of aryl methyl sites for hydroxylation is 1. The molecule has 21 heavy (non-hydrogen) atoms. The van der Waals surface area contributed by atoms with Crippen molar-refractivity contribution in [3.63, 3.8) is 0 Å². The predicted molar refractivity (Wildman–Crippen MR) is 87.5 cm³/mol. The van der Waals surface area contributed by atoms with Gasteiger partial charge in [0.05, 0.1) is 12.7 Å². The van der Waals surface area contributed by atoms with Crippen LogP contribution in [0.1, 0.15) is 28.5 Å². The van der Waals surface area contributed by atoms with Crippen LogP contribution in [0.3, 0.4) is 0 Å². The normalized spacial score (nSPS) is 18.7. The summed E-state index contributed by atoms with van der Waals surface area (Å²) in [4.78, 5) is 4.48. The molecule has 1 fully saturated rings. The fourth-order valence-corrected chi connectivity index (χ4v) is 2.84. The molecule has 0 saturated carbocycles. The standard InChI is InChI=1S/C17H19BrN2O/c1-12-10-20-15(9-16(12)18)8-13-2-4-14(5-3-13)17-11-19-6-7-21-17/h2-5,9-10,17,19H,6-8,11H2,1H3/t17-/m1/s1. The average Bonchev–Trinajstić information content (AvgIpc) is 2.53. The Morgan fingerprint density at radius 3 is 2.81 bits per heavy atom. The first-order chi connectivity index (χ1) is 10.2. The van der Waals surface area contributed by atoms with E-state index in [9.17, 15) is 0 Å². The summed E-state index contributed by atoms with van der Waals surface area (Å²) in [5, 5.41) is 3.36. The van der Waals surface area contributed by atoms with Crippen molar-refractivity contribution < 1.29 is 4.74 Å².